The van der Waals surface area contributed by atoms with E-state index in [1.54, 1.807) is 30.2 Å². The molecular weight excluding hydrogens is 377 g/mol. The van der Waals surface area contributed by atoms with Crippen molar-refractivity contribution in [2.45, 2.75) is 31.9 Å². The van der Waals surface area contributed by atoms with Gasteiger partial charge in [0.2, 0.25) is 0 Å². The van der Waals surface area contributed by atoms with Gasteiger partial charge in [0.1, 0.15) is 17.2 Å². The van der Waals surface area contributed by atoms with Crippen molar-refractivity contribution >= 4 is 17.5 Å². The number of carbonyl (C=O) groups is 2. The van der Waals surface area contributed by atoms with Gasteiger partial charge in [0.25, 0.3) is 11.8 Å². The van der Waals surface area contributed by atoms with Crippen LogP contribution in [0.3, 0.4) is 0 Å². The summed E-state index contributed by atoms with van der Waals surface area (Å²) >= 11 is 0. The molecule has 1 unspecified atom stereocenters. The molecule has 0 bridgehead atoms. The number of oxime groups is 1. The first-order chi connectivity index (χ1) is 13.9. The smallest absolute Gasteiger partial charge is 0.274 e. The summed E-state index contributed by atoms with van der Waals surface area (Å²) in [7, 11) is 0. The predicted octanol–water partition coefficient (Wildman–Crippen LogP) is 1.60. The number of hydrogen-bond acceptors (Lipinski definition) is 6. The standard InChI is InChI=1S/C20H20FN5O3/c1-13-9-23-17(11-22-13)19(28)26-7-6-20(12-26)8-16(25-29-20)18(27)24-10-14-2-4-15(21)5-3-14/h2-5,9,11H,6-8,10,12H2,1H3,(H,24,27). The van der Waals surface area contributed by atoms with Crippen molar-refractivity contribution in [3.63, 3.8) is 0 Å². The summed E-state index contributed by atoms with van der Waals surface area (Å²) in [5.74, 6) is -0.875. The lowest BCUT2D eigenvalue weighted by Crippen LogP contribution is -2.38. The predicted molar refractivity (Wildman–Crippen MR) is 101 cm³/mol. The zero-order valence-electron chi connectivity index (χ0n) is 15.9. The van der Waals surface area contributed by atoms with E-state index in [-0.39, 0.29) is 35.6 Å². The number of hydrogen-bond donors (Lipinski definition) is 1. The molecule has 0 radical (unpaired) electrons. The zero-order valence-corrected chi connectivity index (χ0v) is 15.9. The fourth-order valence-electron chi connectivity index (χ4n) is 3.43. The molecule has 3 heterocycles. The summed E-state index contributed by atoms with van der Waals surface area (Å²) in [4.78, 5) is 40.5. The molecule has 29 heavy (non-hydrogen) atoms. The first-order valence-corrected chi connectivity index (χ1v) is 9.30. The highest BCUT2D eigenvalue weighted by Gasteiger charge is 2.48. The van der Waals surface area contributed by atoms with Gasteiger partial charge in [-0.1, -0.05) is 17.3 Å². The molecule has 150 valence electrons. The molecule has 1 fully saturated rings. The minimum Gasteiger partial charge on any atom is -0.386 e. The summed E-state index contributed by atoms with van der Waals surface area (Å²) in [5.41, 5.74) is 1.41. The normalized spacial score (nSPS) is 20.5. The number of aromatic nitrogens is 2. The van der Waals surface area contributed by atoms with Gasteiger partial charge in [0, 0.05) is 32.1 Å². The Morgan fingerprint density at radius 2 is 2.03 bits per heavy atom. The number of benzene rings is 1. The topological polar surface area (TPSA) is 96.8 Å². The van der Waals surface area contributed by atoms with Gasteiger partial charge in [0.15, 0.2) is 5.60 Å². The fourth-order valence-corrected chi connectivity index (χ4v) is 3.43. The number of rotatable bonds is 4. The van der Waals surface area contributed by atoms with E-state index < -0.39 is 5.60 Å². The van der Waals surface area contributed by atoms with Gasteiger partial charge < -0.3 is 15.1 Å². The lowest BCUT2D eigenvalue weighted by atomic mass is 9.96. The molecule has 2 amide bonds. The lowest BCUT2D eigenvalue weighted by molar-refractivity contribution is -0.115. The molecule has 1 spiro atoms. The molecule has 1 saturated heterocycles. The van der Waals surface area contributed by atoms with E-state index in [0.717, 1.165) is 11.3 Å². The Morgan fingerprint density at radius 3 is 2.76 bits per heavy atom. The quantitative estimate of drug-likeness (QED) is 0.845. The summed E-state index contributed by atoms with van der Waals surface area (Å²) in [6.45, 7) is 2.90. The van der Waals surface area contributed by atoms with Crippen molar-refractivity contribution in [3.8, 4) is 0 Å². The average molecular weight is 397 g/mol. The Balaban J connectivity index is 1.32. The molecule has 0 saturated carbocycles. The Morgan fingerprint density at radius 1 is 1.24 bits per heavy atom. The van der Waals surface area contributed by atoms with Gasteiger partial charge in [-0.05, 0) is 24.6 Å². The maximum Gasteiger partial charge on any atom is 0.274 e. The van der Waals surface area contributed by atoms with Gasteiger partial charge in [-0.15, -0.1) is 0 Å². The summed E-state index contributed by atoms with van der Waals surface area (Å²) in [5, 5.41) is 6.71. The third-order valence-corrected chi connectivity index (χ3v) is 5.07. The zero-order chi connectivity index (χ0) is 20.4. The SMILES string of the molecule is Cc1cnc(C(=O)N2CCC3(CC(C(=O)NCc4ccc(F)cc4)=NO3)C2)cn1. The van der Waals surface area contributed by atoms with Gasteiger partial charge in [0.05, 0.1) is 18.4 Å². The molecule has 1 N–H and O–H groups in total. The number of halogens is 1. The highest BCUT2D eigenvalue weighted by molar-refractivity contribution is 6.39. The van der Waals surface area contributed by atoms with Crippen LogP contribution < -0.4 is 5.32 Å². The van der Waals surface area contributed by atoms with Crippen molar-refractivity contribution in [2.24, 2.45) is 5.16 Å². The molecule has 1 atom stereocenters. The molecule has 0 aliphatic carbocycles. The Labute approximate surface area is 166 Å². The second-order valence-electron chi connectivity index (χ2n) is 7.32. The van der Waals surface area contributed by atoms with Gasteiger partial charge in [-0.25, -0.2) is 9.37 Å². The lowest BCUT2D eigenvalue weighted by Gasteiger charge is -2.21. The molecule has 4 rings (SSSR count). The van der Waals surface area contributed by atoms with E-state index in [0.29, 0.717) is 25.9 Å². The van der Waals surface area contributed by atoms with Crippen LogP contribution in [-0.2, 0) is 16.2 Å². The molecule has 1 aromatic carbocycles. The van der Waals surface area contributed by atoms with E-state index in [1.165, 1.54) is 18.3 Å². The largest absolute Gasteiger partial charge is 0.386 e. The van der Waals surface area contributed by atoms with E-state index in [4.69, 9.17) is 4.84 Å². The minimum atomic E-state index is -0.684. The summed E-state index contributed by atoms with van der Waals surface area (Å²) < 4.78 is 13.0. The molecule has 8 nitrogen and oxygen atoms in total. The number of nitrogens with one attached hydrogen (secondary N) is 1. The van der Waals surface area contributed by atoms with Gasteiger partial charge >= 0.3 is 0 Å². The molecular formula is C20H20FN5O3. The van der Waals surface area contributed by atoms with Crippen molar-refractivity contribution in [1.29, 1.82) is 0 Å². The van der Waals surface area contributed by atoms with Crippen molar-refractivity contribution in [1.82, 2.24) is 20.2 Å². The summed E-state index contributed by atoms with van der Waals surface area (Å²) in [6, 6.07) is 5.90. The second-order valence-corrected chi connectivity index (χ2v) is 7.32. The first-order valence-electron chi connectivity index (χ1n) is 9.30. The Bertz CT molecular complexity index is 961. The summed E-state index contributed by atoms with van der Waals surface area (Å²) in [6.07, 6.45) is 3.92. The number of likely N-dealkylation sites (tertiary alicyclic amines) is 1. The molecule has 2 aromatic rings. The van der Waals surface area contributed by atoms with Gasteiger partial charge in [-0.3, -0.25) is 14.6 Å². The Kier molecular flexibility index (Phi) is 4.96. The fraction of sp³-hybridized carbons (Fsp3) is 0.350. The number of amides is 2. The monoisotopic (exact) mass is 397 g/mol. The van der Waals surface area contributed by atoms with Crippen molar-refractivity contribution in [2.75, 3.05) is 13.1 Å². The molecule has 1 aromatic heterocycles. The molecule has 2 aliphatic heterocycles. The number of carbonyl (C=O) groups excluding carboxylic acids is 2. The van der Waals surface area contributed by atoms with Crippen LogP contribution in [0.1, 0.15) is 34.6 Å². The maximum absolute atomic E-state index is 13.0. The van der Waals surface area contributed by atoms with Crippen LogP contribution >= 0.6 is 0 Å². The van der Waals surface area contributed by atoms with Crippen LogP contribution in [-0.4, -0.2) is 51.1 Å². The van der Waals surface area contributed by atoms with Crippen LogP contribution in [0.4, 0.5) is 4.39 Å². The van der Waals surface area contributed by atoms with E-state index >= 15 is 0 Å². The molecule has 2 aliphatic rings. The van der Waals surface area contributed by atoms with Gasteiger partial charge in [-0.2, -0.15) is 0 Å². The second kappa shape index (κ2) is 7.57. The van der Waals surface area contributed by atoms with Crippen LogP contribution in [0.25, 0.3) is 0 Å². The number of nitrogens with zero attached hydrogens (tertiary/aromatic N) is 4. The van der Waals surface area contributed by atoms with E-state index in [1.807, 2.05) is 0 Å². The maximum atomic E-state index is 13.0. The van der Waals surface area contributed by atoms with Crippen molar-refractivity contribution in [3.05, 3.63) is 59.4 Å². The van der Waals surface area contributed by atoms with Crippen molar-refractivity contribution < 1.29 is 18.8 Å². The minimum absolute atomic E-state index is 0.216. The van der Waals surface area contributed by atoms with Crippen LogP contribution in [0.15, 0.2) is 41.8 Å². The Hall–Kier alpha value is -3.36. The average Bonchev–Trinajstić information content (AvgIpc) is 3.34. The third-order valence-electron chi connectivity index (χ3n) is 5.07. The first kappa shape index (κ1) is 19.0. The molecule has 9 heteroatoms. The highest BCUT2D eigenvalue weighted by atomic mass is 19.1. The third kappa shape index (κ3) is 4.08. The number of aryl methyl sites for hydroxylation is 1. The highest BCUT2D eigenvalue weighted by Crippen LogP contribution is 2.34. The van der Waals surface area contributed by atoms with E-state index in [2.05, 4.69) is 20.4 Å². The van der Waals surface area contributed by atoms with Crippen LogP contribution in [0.2, 0.25) is 0 Å². The van der Waals surface area contributed by atoms with Crippen LogP contribution in [0.5, 0.6) is 0 Å². The van der Waals surface area contributed by atoms with E-state index in [9.17, 15) is 14.0 Å². The van der Waals surface area contributed by atoms with Crippen LogP contribution in [0, 0.1) is 12.7 Å².